The van der Waals surface area contributed by atoms with E-state index in [-0.39, 0.29) is 12.7 Å². The second kappa shape index (κ2) is 15.9. The Morgan fingerprint density at radius 2 is 1.47 bits per heavy atom. The van der Waals surface area contributed by atoms with Crippen molar-refractivity contribution in [2.45, 2.75) is 45.1 Å². The van der Waals surface area contributed by atoms with Crippen molar-refractivity contribution < 1.29 is 24.4 Å². The molecule has 0 aromatic rings. The first-order valence-electron chi connectivity index (χ1n) is 7.33. The molecule has 0 saturated carbocycles. The zero-order chi connectivity index (χ0) is 14.2. The standard InChI is InChI=1S/C14H30O5/c1-2-3-4-5-6-14(16)13-19-12-11-18-10-9-17-8-7-15/h14-16H,2-13H2,1H3. The van der Waals surface area contributed by atoms with Gasteiger partial charge in [0.1, 0.15) is 0 Å². The molecule has 0 aromatic carbocycles. The minimum absolute atomic E-state index is 0.0409. The number of unbranched alkanes of at least 4 members (excludes halogenated alkanes) is 3. The van der Waals surface area contributed by atoms with Gasteiger partial charge in [-0.15, -0.1) is 0 Å². The lowest BCUT2D eigenvalue weighted by Gasteiger charge is -2.11. The van der Waals surface area contributed by atoms with Crippen molar-refractivity contribution in [2.75, 3.05) is 46.2 Å². The van der Waals surface area contributed by atoms with Gasteiger partial charge < -0.3 is 24.4 Å². The summed E-state index contributed by atoms with van der Waals surface area (Å²) in [6.45, 7) is 4.94. The fourth-order valence-electron chi connectivity index (χ4n) is 1.61. The Bertz CT molecular complexity index is 166. The maximum Gasteiger partial charge on any atom is 0.0773 e. The zero-order valence-corrected chi connectivity index (χ0v) is 12.2. The summed E-state index contributed by atoms with van der Waals surface area (Å²) < 4.78 is 15.6. The van der Waals surface area contributed by atoms with Gasteiger partial charge in [-0.1, -0.05) is 32.6 Å². The molecule has 0 radical (unpaired) electrons. The van der Waals surface area contributed by atoms with E-state index in [0.29, 0.717) is 39.6 Å². The van der Waals surface area contributed by atoms with E-state index in [9.17, 15) is 5.11 Å². The van der Waals surface area contributed by atoms with Crippen LogP contribution < -0.4 is 0 Å². The molecule has 2 N–H and O–H groups in total. The highest BCUT2D eigenvalue weighted by atomic mass is 16.5. The van der Waals surface area contributed by atoms with Crippen molar-refractivity contribution in [1.29, 1.82) is 0 Å². The predicted molar refractivity (Wildman–Crippen MR) is 74.3 cm³/mol. The summed E-state index contributed by atoms with van der Waals surface area (Å²) in [5, 5.41) is 18.1. The maximum atomic E-state index is 9.64. The number of hydrogen-bond acceptors (Lipinski definition) is 5. The number of hydrogen-bond donors (Lipinski definition) is 2. The lowest BCUT2D eigenvalue weighted by atomic mass is 10.1. The summed E-state index contributed by atoms with van der Waals surface area (Å²) in [7, 11) is 0. The summed E-state index contributed by atoms with van der Waals surface area (Å²) >= 11 is 0. The average Bonchev–Trinajstić information content (AvgIpc) is 2.42. The molecule has 0 heterocycles. The summed E-state index contributed by atoms with van der Waals surface area (Å²) in [5.74, 6) is 0. The van der Waals surface area contributed by atoms with Gasteiger partial charge in [-0.3, -0.25) is 0 Å². The monoisotopic (exact) mass is 278 g/mol. The third kappa shape index (κ3) is 15.7. The van der Waals surface area contributed by atoms with Gasteiger partial charge in [0, 0.05) is 0 Å². The molecule has 5 nitrogen and oxygen atoms in total. The zero-order valence-electron chi connectivity index (χ0n) is 12.2. The van der Waals surface area contributed by atoms with E-state index in [0.717, 1.165) is 12.8 Å². The summed E-state index contributed by atoms with van der Waals surface area (Å²) in [5.41, 5.74) is 0. The molecule has 0 aliphatic heterocycles. The Morgan fingerprint density at radius 1 is 0.842 bits per heavy atom. The highest BCUT2D eigenvalue weighted by Gasteiger charge is 2.03. The fourth-order valence-corrected chi connectivity index (χ4v) is 1.61. The molecule has 0 amide bonds. The number of rotatable bonds is 15. The molecule has 0 spiro atoms. The van der Waals surface area contributed by atoms with Gasteiger partial charge in [0.25, 0.3) is 0 Å². The molecule has 0 aromatic heterocycles. The van der Waals surface area contributed by atoms with E-state index in [4.69, 9.17) is 19.3 Å². The van der Waals surface area contributed by atoms with Crippen LogP contribution in [0.15, 0.2) is 0 Å². The Balaban J connectivity index is 3.07. The molecule has 0 bridgehead atoms. The van der Waals surface area contributed by atoms with Crippen LogP contribution in [0, 0.1) is 0 Å². The quantitative estimate of drug-likeness (QED) is 0.443. The highest BCUT2D eigenvalue weighted by Crippen LogP contribution is 2.05. The Labute approximate surface area is 116 Å². The van der Waals surface area contributed by atoms with Gasteiger partial charge in [-0.05, 0) is 6.42 Å². The first-order chi connectivity index (χ1) is 9.31. The molecule has 0 aliphatic rings. The van der Waals surface area contributed by atoms with Gasteiger partial charge in [0.15, 0.2) is 0 Å². The van der Waals surface area contributed by atoms with E-state index < -0.39 is 0 Å². The van der Waals surface area contributed by atoms with Gasteiger partial charge in [-0.2, -0.15) is 0 Å². The first kappa shape index (κ1) is 18.8. The summed E-state index contributed by atoms with van der Waals surface area (Å²) in [6, 6.07) is 0. The number of aliphatic hydroxyl groups excluding tert-OH is 2. The molecule has 0 rings (SSSR count). The third-order valence-corrected chi connectivity index (χ3v) is 2.68. The minimum atomic E-state index is -0.357. The van der Waals surface area contributed by atoms with Crippen LogP contribution in [0.1, 0.15) is 39.0 Å². The van der Waals surface area contributed by atoms with Crippen LogP contribution in [0.2, 0.25) is 0 Å². The molecule has 5 heteroatoms. The fraction of sp³-hybridized carbons (Fsp3) is 1.00. The van der Waals surface area contributed by atoms with E-state index >= 15 is 0 Å². The van der Waals surface area contributed by atoms with Crippen LogP contribution in [0.5, 0.6) is 0 Å². The molecule has 0 fully saturated rings. The molecular weight excluding hydrogens is 248 g/mol. The Hall–Kier alpha value is -0.200. The summed E-state index contributed by atoms with van der Waals surface area (Å²) in [6.07, 6.45) is 5.16. The van der Waals surface area contributed by atoms with Gasteiger partial charge in [-0.25, -0.2) is 0 Å². The minimum Gasteiger partial charge on any atom is -0.394 e. The van der Waals surface area contributed by atoms with Crippen molar-refractivity contribution >= 4 is 0 Å². The van der Waals surface area contributed by atoms with Crippen LogP contribution in [0.25, 0.3) is 0 Å². The van der Waals surface area contributed by atoms with E-state index in [2.05, 4.69) is 6.92 Å². The second-order valence-electron chi connectivity index (χ2n) is 4.53. The van der Waals surface area contributed by atoms with Gasteiger partial charge in [0.05, 0.1) is 52.4 Å². The van der Waals surface area contributed by atoms with Gasteiger partial charge in [0.2, 0.25) is 0 Å². The van der Waals surface area contributed by atoms with Gasteiger partial charge >= 0.3 is 0 Å². The normalized spacial score (nSPS) is 12.8. The topological polar surface area (TPSA) is 68.2 Å². The van der Waals surface area contributed by atoms with Crippen LogP contribution in [-0.2, 0) is 14.2 Å². The lowest BCUT2D eigenvalue weighted by molar-refractivity contribution is -0.0144. The average molecular weight is 278 g/mol. The van der Waals surface area contributed by atoms with Crippen LogP contribution in [0.4, 0.5) is 0 Å². The molecule has 1 atom stereocenters. The predicted octanol–water partition coefficient (Wildman–Crippen LogP) is 1.36. The first-order valence-corrected chi connectivity index (χ1v) is 7.33. The van der Waals surface area contributed by atoms with E-state index in [1.165, 1.54) is 19.3 Å². The van der Waals surface area contributed by atoms with Crippen molar-refractivity contribution in [3.63, 3.8) is 0 Å². The highest BCUT2D eigenvalue weighted by molar-refractivity contribution is 4.54. The molecule has 116 valence electrons. The van der Waals surface area contributed by atoms with Crippen LogP contribution in [-0.4, -0.2) is 62.6 Å². The molecule has 19 heavy (non-hydrogen) atoms. The van der Waals surface area contributed by atoms with Crippen molar-refractivity contribution in [2.24, 2.45) is 0 Å². The molecular formula is C14H30O5. The SMILES string of the molecule is CCCCCCC(O)COCCOCCOCCO. The third-order valence-electron chi connectivity index (χ3n) is 2.68. The van der Waals surface area contributed by atoms with Crippen LogP contribution in [0.3, 0.4) is 0 Å². The van der Waals surface area contributed by atoms with Crippen molar-refractivity contribution in [3.8, 4) is 0 Å². The molecule has 1 unspecified atom stereocenters. The number of ether oxygens (including phenoxy) is 3. The summed E-state index contributed by atoms with van der Waals surface area (Å²) in [4.78, 5) is 0. The largest absolute Gasteiger partial charge is 0.394 e. The lowest BCUT2D eigenvalue weighted by Crippen LogP contribution is -2.18. The second-order valence-corrected chi connectivity index (χ2v) is 4.53. The van der Waals surface area contributed by atoms with Crippen molar-refractivity contribution in [3.05, 3.63) is 0 Å². The smallest absolute Gasteiger partial charge is 0.0773 e. The van der Waals surface area contributed by atoms with Crippen LogP contribution >= 0.6 is 0 Å². The molecule has 0 saturated heterocycles. The van der Waals surface area contributed by atoms with E-state index in [1.807, 2.05) is 0 Å². The maximum absolute atomic E-state index is 9.64. The van der Waals surface area contributed by atoms with E-state index in [1.54, 1.807) is 0 Å². The molecule has 0 aliphatic carbocycles. The Kier molecular flexibility index (Phi) is 15.7. The van der Waals surface area contributed by atoms with Crippen molar-refractivity contribution in [1.82, 2.24) is 0 Å². The number of aliphatic hydroxyl groups is 2. The Morgan fingerprint density at radius 3 is 2.11 bits per heavy atom.